The SMILES string of the molecule is CC(C)c1ccc(Nc2ncnc(Sc3ccc(Cl)cc3)c2N)cc1. The maximum Gasteiger partial charge on any atom is 0.158 e. The third kappa shape index (κ3) is 4.44. The van der Waals surface area contributed by atoms with Crippen LogP contribution in [0, 0.1) is 0 Å². The molecule has 0 atom stereocenters. The van der Waals surface area contributed by atoms with Crippen LogP contribution in [0.2, 0.25) is 5.02 Å². The van der Waals surface area contributed by atoms with E-state index in [2.05, 4.69) is 41.3 Å². The molecule has 0 aliphatic carbocycles. The number of nitrogen functional groups attached to an aromatic ring is 1. The first-order valence-corrected chi connectivity index (χ1v) is 9.13. The molecule has 3 aromatic rings. The average molecular weight is 371 g/mol. The van der Waals surface area contributed by atoms with E-state index in [1.54, 1.807) is 0 Å². The molecule has 6 heteroatoms. The first-order chi connectivity index (χ1) is 12.0. The van der Waals surface area contributed by atoms with E-state index in [0.717, 1.165) is 10.6 Å². The molecule has 2 aromatic carbocycles. The van der Waals surface area contributed by atoms with Gasteiger partial charge in [-0.3, -0.25) is 0 Å². The molecule has 128 valence electrons. The molecule has 0 amide bonds. The van der Waals surface area contributed by atoms with Crippen molar-refractivity contribution in [2.75, 3.05) is 11.1 Å². The number of rotatable bonds is 5. The van der Waals surface area contributed by atoms with Gasteiger partial charge in [0.25, 0.3) is 0 Å². The van der Waals surface area contributed by atoms with Gasteiger partial charge in [0.2, 0.25) is 0 Å². The van der Waals surface area contributed by atoms with E-state index >= 15 is 0 Å². The van der Waals surface area contributed by atoms with Crippen molar-refractivity contribution in [2.45, 2.75) is 29.7 Å². The maximum absolute atomic E-state index is 6.25. The van der Waals surface area contributed by atoms with Crippen LogP contribution in [0.25, 0.3) is 0 Å². The lowest BCUT2D eigenvalue weighted by atomic mass is 10.0. The summed E-state index contributed by atoms with van der Waals surface area (Å²) in [6, 6.07) is 15.8. The van der Waals surface area contributed by atoms with Crippen molar-refractivity contribution in [1.29, 1.82) is 0 Å². The molecule has 25 heavy (non-hydrogen) atoms. The lowest BCUT2D eigenvalue weighted by molar-refractivity contribution is 0.867. The molecule has 3 rings (SSSR count). The number of benzene rings is 2. The van der Waals surface area contributed by atoms with Crippen LogP contribution in [0.3, 0.4) is 0 Å². The van der Waals surface area contributed by atoms with E-state index in [4.69, 9.17) is 17.3 Å². The average Bonchev–Trinajstić information content (AvgIpc) is 2.61. The lowest BCUT2D eigenvalue weighted by Gasteiger charge is -2.12. The van der Waals surface area contributed by atoms with E-state index in [1.165, 1.54) is 23.7 Å². The van der Waals surface area contributed by atoms with Crippen molar-refractivity contribution < 1.29 is 0 Å². The fourth-order valence-electron chi connectivity index (χ4n) is 2.26. The van der Waals surface area contributed by atoms with Gasteiger partial charge >= 0.3 is 0 Å². The molecule has 1 aromatic heterocycles. The normalized spacial score (nSPS) is 10.9. The summed E-state index contributed by atoms with van der Waals surface area (Å²) in [5.41, 5.74) is 9.01. The minimum atomic E-state index is 0.501. The zero-order valence-electron chi connectivity index (χ0n) is 14.0. The molecular weight excluding hydrogens is 352 g/mol. The number of nitrogens with two attached hydrogens (primary N) is 1. The minimum Gasteiger partial charge on any atom is -0.394 e. The summed E-state index contributed by atoms with van der Waals surface area (Å²) in [5.74, 6) is 1.10. The summed E-state index contributed by atoms with van der Waals surface area (Å²) in [4.78, 5) is 9.57. The van der Waals surface area contributed by atoms with Crippen molar-refractivity contribution in [2.24, 2.45) is 0 Å². The van der Waals surface area contributed by atoms with Crippen LogP contribution in [0.5, 0.6) is 0 Å². The summed E-state index contributed by atoms with van der Waals surface area (Å²) in [6.45, 7) is 4.34. The van der Waals surface area contributed by atoms with Crippen LogP contribution in [0.15, 0.2) is 64.8 Å². The number of nitrogens with zero attached hydrogens (tertiary/aromatic N) is 2. The largest absolute Gasteiger partial charge is 0.394 e. The molecule has 0 aliphatic heterocycles. The fourth-order valence-corrected chi connectivity index (χ4v) is 3.19. The molecule has 0 saturated heterocycles. The Morgan fingerprint density at radius 3 is 2.32 bits per heavy atom. The van der Waals surface area contributed by atoms with E-state index < -0.39 is 0 Å². The minimum absolute atomic E-state index is 0.501. The molecular formula is C19H19ClN4S. The molecule has 0 unspecified atom stereocenters. The van der Waals surface area contributed by atoms with Gasteiger partial charge in [-0.05, 0) is 47.9 Å². The molecule has 4 nitrogen and oxygen atoms in total. The zero-order chi connectivity index (χ0) is 17.8. The van der Waals surface area contributed by atoms with E-state index in [9.17, 15) is 0 Å². The van der Waals surface area contributed by atoms with Gasteiger partial charge in [0.1, 0.15) is 17.0 Å². The van der Waals surface area contributed by atoms with Crippen molar-refractivity contribution in [1.82, 2.24) is 9.97 Å². The highest BCUT2D eigenvalue weighted by atomic mass is 35.5. The highest BCUT2D eigenvalue weighted by molar-refractivity contribution is 7.99. The van der Waals surface area contributed by atoms with Crippen molar-refractivity contribution in [3.05, 3.63) is 65.4 Å². The highest BCUT2D eigenvalue weighted by Gasteiger charge is 2.10. The van der Waals surface area contributed by atoms with Crippen LogP contribution in [-0.4, -0.2) is 9.97 Å². The second kappa shape index (κ2) is 7.76. The van der Waals surface area contributed by atoms with Crippen LogP contribution in [0.4, 0.5) is 17.2 Å². The second-order valence-electron chi connectivity index (χ2n) is 5.90. The smallest absolute Gasteiger partial charge is 0.158 e. The molecule has 3 N–H and O–H groups in total. The highest BCUT2D eigenvalue weighted by Crippen LogP contribution is 2.34. The Morgan fingerprint density at radius 1 is 1.00 bits per heavy atom. The number of aromatic nitrogens is 2. The van der Waals surface area contributed by atoms with Crippen LogP contribution in [-0.2, 0) is 0 Å². The lowest BCUT2D eigenvalue weighted by Crippen LogP contribution is -2.02. The van der Waals surface area contributed by atoms with Gasteiger partial charge in [-0.25, -0.2) is 9.97 Å². The van der Waals surface area contributed by atoms with Gasteiger partial charge in [0, 0.05) is 15.6 Å². The summed E-state index contributed by atoms with van der Waals surface area (Å²) >= 11 is 7.40. The van der Waals surface area contributed by atoms with Crippen molar-refractivity contribution >= 4 is 40.6 Å². The van der Waals surface area contributed by atoms with E-state index in [-0.39, 0.29) is 0 Å². The van der Waals surface area contributed by atoms with Gasteiger partial charge < -0.3 is 11.1 Å². The molecule has 0 spiro atoms. The fraction of sp³-hybridized carbons (Fsp3) is 0.158. The Bertz CT molecular complexity index is 848. The van der Waals surface area contributed by atoms with Gasteiger partial charge in [-0.15, -0.1) is 0 Å². The number of nitrogens with one attached hydrogen (secondary N) is 1. The Labute approximate surface area is 156 Å². The topological polar surface area (TPSA) is 63.8 Å². The summed E-state index contributed by atoms with van der Waals surface area (Å²) in [5, 5.41) is 4.67. The summed E-state index contributed by atoms with van der Waals surface area (Å²) in [6.07, 6.45) is 1.51. The zero-order valence-corrected chi connectivity index (χ0v) is 15.6. The van der Waals surface area contributed by atoms with Crippen LogP contribution >= 0.6 is 23.4 Å². The molecule has 0 fully saturated rings. The standard InChI is InChI=1S/C19H19ClN4S/c1-12(2)13-3-7-15(8-4-13)24-18-17(21)19(23-11-22-18)25-16-9-5-14(20)6-10-16/h3-12H,21H2,1-2H3,(H,22,23,24). The van der Waals surface area contributed by atoms with Gasteiger partial charge in [-0.1, -0.05) is 49.3 Å². The molecule has 0 radical (unpaired) electrons. The maximum atomic E-state index is 6.25. The predicted molar refractivity (Wildman–Crippen MR) is 106 cm³/mol. The van der Waals surface area contributed by atoms with Gasteiger partial charge in [0.05, 0.1) is 0 Å². The molecule has 0 bridgehead atoms. The number of hydrogen-bond donors (Lipinski definition) is 2. The summed E-state index contributed by atoms with van der Waals surface area (Å²) in [7, 11) is 0. The Morgan fingerprint density at radius 2 is 1.68 bits per heavy atom. The van der Waals surface area contributed by atoms with E-state index in [0.29, 0.717) is 27.5 Å². The quantitative estimate of drug-likeness (QED) is 0.561. The van der Waals surface area contributed by atoms with Crippen molar-refractivity contribution in [3.63, 3.8) is 0 Å². The Hall–Kier alpha value is -2.24. The first-order valence-electron chi connectivity index (χ1n) is 7.94. The third-order valence-corrected chi connectivity index (χ3v) is 4.99. The third-order valence-electron chi connectivity index (χ3n) is 3.72. The van der Waals surface area contributed by atoms with Gasteiger partial charge in [-0.2, -0.15) is 0 Å². The Kier molecular flexibility index (Phi) is 5.46. The monoisotopic (exact) mass is 370 g/mol. The predicted octanol–water partition coefficient (Wildman–Crippen LogP) is 5.73. The van der Waals surface area contributed by atoms with Gasteiger partial charge in [0.15, 0.2) is 5.82 Å². The number of halogens is 1. The van der Waals surface area contributed by atoms with Crippen LogP contribution < -0.4 is 11.1 Å². The number of hydrogen-bond acceptors (Lipinski definition) is 5. The number of anilines is 3. The van der Waals surface area contributed by atoms with Crippen molar-refractivity contribution in [3.8, 4) is 0 Å². The molecule has 0 saturated carbocycles. The molecule has 1 heterocycles. The van der Waals surface area contributed by atoms with E-state index in [1.807, 2.05) is 36.4 Å². The first kappa shape index (κ1) is 17.6. The second-order valence-corrected chi connectivity index (χ2v) is 7.40. The Balaban J connectivity index is 1.79. The summed E-state index contributed by atoms with van der Waals surface area (Å²) < 4.78 is 0. The van der Waals surface area contributed by atoms with Crippen LogP contribution in [0.1, 0.15) is 25.3 Å². The molecule has 0 aliphatic rings.